The zero-order chi connectivity index (χ0) is 24.5. The van der Waals surface area contributed by atoms with Crippen LogP contribution in [0.25, 0.3) is 0 Å². The molecular weight excluding hydrogens is 412 g/mol. The summed E-state index contributed by atoms with van der Waals surface area (Å²) in [5, 5.41) is 0. The third-order valence-electron chi connectivity index (χ3n) is 7.66. The molecular formula is C32H63N2+. The molecule has 0 amide bonds. The van der Waals surface area contributed by atoms with Crippen LogP contribution in [-0.2, 0) is 19.5 Å². The maximum Gasteiger partial charge on any atom is 0.256 e. The van der Waals surface area contributed by atoms with Gasteiger partial charge < -0.3 is 0 Å². The van der Waals surface area contributed by atoms with Crippen LogP contribution >= 0.6 is 0 Å². The highest BCUT2D eigenvalue weighted by molar-refractivity contribution is 4.83. The molecule has 0 saturated carbocycles. The Hall–Kier alpha value is -0.790. The summed E-state index contributed by atoms with van der Waals surface area (Å²) in [7, 11) is 0. The molecule has 1 aromatic heterocycles. The molecule has 0 fully saturated rings. The number of unbranched alkanes of at least 4 members (excludes halogenated alkanes) is 21. The number of hydrogen-bond donors (Lipinski definition) is 0. The molecule has 0 atom stereocenters. The van der Waals surface area contributed by atoms with Crippen LogP contribution in [0.5, 0.6) is 0 Å². The van der Waals surface area contributed by atoms with Gasteiger partial charge in [0.1, 0.15) is 12.4 Å². The van der Waals surface area contributed by atoms with Crippen molar-refractivity contribution < 1.29 is 4.57 Å². The van der Waals surface area contributed by atoms with Gasteiger partial charge in [-0.15, -0.1) is 0 Å². The fraction of sp³-hybridized carbons (Fsp3) is 0.906. The number of rotatable bonds is 26. The fourth-order valence-corrected chi connectivity index (χ4v) is 5.38. The van der Waals surface area contributed by atoms with E-state index < -0.39 is 0 Å². The predicted molar refractivity (Wildman–Crippen MR) is 152 cm³/mol. The highest BCUT2D eigenvalue weighted by Gasteiger charge is 2.14. The Bertz CT molecular complexity index is 533. The molecule has 2 heteroatoms. The summed E-state index contributed by atoms with van der Waals surface area (Å²) >= 11 is 0. The minimum atomic E-state index is 1.16. The van der Waals surface area contributed by atoms with Crippen molar-refractivity contribution >= 4 is 0 Å². The molecule has 0 aliphatic rings. The Balaban J connectivity index is 1.96. The van der Waals surface area contributed by atoms with Crippen LogP contribution in [0.2, 0.25) is 0 Å². The van der Waals surface area contributed by atoms with Crippen molar-refractivity contribution in [2.24, 2.45) is 0 Å². The van der Waals surface area contributed by atoms with E-state index in [0.717, 1.165) is 6.42 Å². The molecule has 0 spiro atoms. The van der Waals surface area contributed by atoms with Gasteiger partial charge in [-0.05, 0) is 25.7 Å². The van der Waals surface area contributed by atoms with Crippen LogP contribution in [0.15, 0.2) is 12.4 Å². The SMILES string of the molecule is CCCCCCCCCCCCCCCCCCn1cc[n+](CCCCCCCCC)c1CC. The molecule has 0 unspecified atom stereocenters. The van der Waals surface area contributed by atoms with Crippen molar-refractivity contribution in [1.82, 2.24) is 4.57 Å². The van der Waals surface area contributed by atoms with Gasteiger partial charge in [0.15, 0.2) is 0 Å². The summed E-state index contributed by atoms with van der Waals surface area (Å²) < 4.78 is 5.06. The van der Waals surface area contributed by atoms with Crippen LogP contribution in [-0.4, -0.2) is 4.57 Å². The minimum absolute atomic E-state index is 1.16. The summed E-state index contributed by atoms with van der Waals surface area (Å²) in [6.07, 6.45) is 38.7. The first-order valence-corrected chi connectivity index (χ1v) is 15.9. The number of hydrogen-bond acceptors (Lipinski definition) is 0. The lowest BCUT2D eigenvalue weighted by atomic mass is 10.0. The first-order valence-electron chi connectivity index (χ1n) is 15.9. The Morgan fingerprint density at radius 3 is 1.29 bits per heavy atom. The van der Waals surface area contributed by atoms with Crippen molar-refractivity contribution in [2.75, 3.05) is 0 Å². The largest absolute Gasteiger partial charge is 0.256 e. The molecule has 34 heavy (non-hydrogen) atoms. The molecule has 0 N–H and O–H groups in total. The van der Waals surface area contributed by atoms with Crippen molar-refractivity contribution in [2.45, 2.75) is 188 Å². The molecule has 0 radical (unpaired) electrons. The van der Waals surface area contributed by atoms with Crippen LogP contribution in [0.3, 0.4) is 0 Å². The minimum Gasteiger partial charge on any atom is -0.234 e. The van der Waals surface area contributed by atoms with Gasteiger partial charge in [0, 0.05) is 6.42 Å². The standard InChI is InChI=1S/C32H63N2/c1-4-7-9-11-13-14-15-16-17-18-19-20-21-23-25-27-29-34-31-30-33(32(34)6-3)28-26-24-22-12-10-8-5-2/h30-31H,4-29H2,1-3H3/q+1. The van der Waals surface area contributed by atoms with Gasteiger partial charge in [0.25, 0.3) is 5.82 Å². The zero-order valence-electron chi connectivity index (χ0n) is 23.9. The molecule has 1 aromatic rings. The normalized spacial score (nSPS) is 11.5. The van der Waals surface area contributed by atoms with E-state index >= 15 is 0 Å². The smallest absolute Gasteiger partial charge is 0.234 e. The van der Waals surface area contributed by atoms with E-state index in [0.29, 0.717) is 0 Å². The molecule has 2 nitrogen and oxygen atoms in total. The van der Waals surface area contributed by atoms with Crippen molar-refractivity contribution in [3.8, 4) is 0 Å². The van der Waals surface area contributed by atoms with Gasteiger partial charge in [0.05, 0.1) is 13.1 Å². The van der Waals surface area contributed by atoms with Crippen molar-refractivity contribution in [3.63, 3.8) is 0 Å². The third-order valence-corrected chi connectivity index (χ3v) is 7.66. The second kappa shape index (κ2) is 23.9. The van der Waals surface area contributed by atoms with Crippen LogP contribution in [0.4, 0.5) is 0 Å². The Morgan fingerprint density at radius 1 is 0.500 bits per heavy atom. The summed E-state index contributed by atoms with van der Waals surface area (Å²) in [6.45, 7) is 9.35. The van der Waals surface area contributed by atoms with Crippen LogP contribution in [0, 0.1) is 0 Å². The van der Waals surface area contributed by atoms with Crippen molar-refractivity contribution in [1.29, 1.82) is 0 Å². The highest BCUT2D eigenvalue weighted by atomic mass is 15.1. The fourth-order valence-electron chi connectivity index (χ4n) is 5.38. The first kappa shape index (κ1) is 31.2. The van der Waals surface area contributed by atoms with E-state index in [1.165, 1.54) is 167 Å². The molecule has 0 saturated heterocycles. The molecule has 1 heterocycles. The van der Waals surface area contributed by atoms with E-state index in [-0.39, 0.29) is 0 Å². The second-order valence-corrected chi connectivity index (χ2v) is 10.9. The van der Waals surface area contributed by atoms with Gasteiger partial charge in [-0.25, -0.2) is 9.13 Å². The van der Waals surface area contributed by atoms with E-state index in [1.807, 2.05) is 0 Å². The monoisotopic (exact) mass is 475 g/mol. The summed E-state index contributed by atoms with van der Waals surface area (Å²) in [5.41, 5.74) is 0. The number of aromatic nitrogens is 2. The number of imidazole rings is 1. The lowest BCUT2D eigenvalue weighted by Gasteiger charge is -2.05. The third kappa shape index (κ3) is 16.8. The maximum absolute atomic E-state index is 2.53. The summed E-state index contributed by atoms with van der Waals surface area (Å²) in [6, 6.07) is 0. The summed E-state index contributed by atoms with van der Waals surface area (Å²) in [4.78, 5) is 0. The molecule has 1 rings (SSSR count). The zero-order valence-corrected chi connectivity index (χ0v) is 23.9. The summed E-state index contributed by atoms with van der Waals surface area (Å²) in [5.74, 6) is 1.53. The van der Waals surface area contributed by atoms with Gasteiger partial charge in [0.2, 0.25) is 0 Å². The Labute approximate surface area is 215 Å². The molecule has 0 aromatic carbocycles. The first-order chi connectivity index (χ1) is 16.8. The lowest BCUT2D eigenvalue weighted by Crippen LogP contribution is -2.37. The maximum atomic E-state index is 2.53. The Kier molecular flexibility index (Phi) is 22.0. The van der Waals surface area contributed by atoms with Gasteiger partial charge in [-0.1, -0.05) is 143 Å². The lowest BCUT2D eigenvalue weighted by molar-refractivity contribution is -0.704. The van der Waals surface area contributed by atoms with E-state index in [4.69, 9.17) is 0 Å². The quantitative estimate of drug-likeness (QED) is 0.0930. The average molecular weight is 476 g/mol. The van der Waals surface area contributed by atoms with Gasteiger partial charge in [-0.2, -0.15) is 0 Å². The molecule has 200 valence electrons. The van der Waals surface area contributed by atoms with E-state index in [1.54, 1.807) is 0 Å². The molecule has 0 aliphatic carbocycles. The average Bonchev–Trinajstić information content (AvgIpc) is 3.24. The number of aryl methyl sites for hydroxylation is 2. The van der Waals surface area contributed by atoms with E-state index in [2.05, 4.69) is 42.3 Å². The van der Waals surface area contributed by atoms with E-state index in [9.17, 15) is 0 Å². The molecule has 0 aliphatic heterocycles. The molecule has 0 bridgehead atoms. The predicted octanol–water partition coefficient (Wildman–Crippen LogP) is 10.4. The van der Waals surface area contributed by atoms with Gasteiger partial charge in [-0.3, -0.25) is 0 Å². The van der Waals surface area contributed by atoms with Crippen LogP contribution < -0.4 is 4.57 Å². The number of nitrogens with zero attached hydrogens (tertiary/aromatic N) is 2. The second-order valence-electron chi connectivity index (χ2n) is 10.9. The highest BCUT2D eigenvalue weighted by Crippen LogP contribution is 2.14. The Morgan fingerprint density at radius 2 is 0.882 bits per heavy atom. The van der Waals surface area contributed by atoms with Crippen molar-refractivity contribution in [3.05, 3.63) is 18.2 Å². The van der Waals surface area contributed by atoms with Crippen LogP contribution in [0.1, 0.15) is 174 Å². The van der Waals surface area contributed by atoms with Gasteiger partial charge >= 0.3 is 0 Å². The topological polar surface area (TPSA) is 8.81 Å².